The molecule has 1 unspecified atom stereocenters. The van der Waals surface area contributed by atoms with Crippen LogP contribution in [0.4, 0.5) is 0 Å². The number of ether oxygens (including phenoxy) is 1. The first kappa shape index (κ1) is 24.5. The molecule has 4 nitrogen and oxygen atoms in total. The summed E-state index contributed by atoms with van der Waals surface area (Å²) in [6.45, 7) is 5.92. The van der Waals surface area contributed by atoms with Crippen LogP contribution in [-0.4, -0.2) is 52.1 Å². The molecule has 1 aromatic heterocycles. The van der Waals surface area contributed by atoms with Crippen molar-refractivity contribution in [2.75, 3.05) is 6.61 Å². The maximum absolute atomic E-state index is 10.9. The van der Waals surface area contributed by atoms with Gasteiger partial charge in [-0.05, 0) is 0 Å². The zero-order valence-electron chi connectivity index (χ0n) is 19.4. The van der Waals surface area contributed by atoms with Crippen LogP contribution in [0.2, 0.25) is 0 Å². The van der Waals surface area contributed by atoms with Gasteiger partial charge >= 0.3 is 214 Å². The number of aliphatic carboxylic acids is 1. The summed E-state index contributed by atoms with van der Waals surface area (Å²) >= 11 is 0.392. The van der Waals surface area contributed by atoms with Gasteiger partial charge in [0.1, 0.15) is 0 Å². The molecular weight excluding hydrogens is 556 g/mol. The van der Waals surface area contributed by atoms with Crippen molar-refractivity contribution in [1.82, 2.24) is 4.98 Å². The van der Waals surface area contributed by atoms with Gasteiger partial charge in [0.05, 0.1) is 0 Å². The van der Waals surface area contributed by atoms with E-state index < -0.39 is 5.97 Å². The maximum atomic E-state index is 10.9. The second-order valence-corrected chi connectivity index (χ2v) is 13.1. The van der Waals surface area contributed by atoms with E-state index in [9.17, 15) is 4.79 Å². The van der Waals surface area contributed by atoms with Crippen molar-refractivity contribution in [2.24, 2.45) is 0 Å². The monoisotopic (exact) mass is 585 g/mol. The predicted molar refractivity (Wildman–Crippen MR) is 139 cm³/mol. The third kappa shape index (κ3) is 6.28. The molecule has 0 aliphatic rings. The first-order valence-corrected chi connectivity index (χ1v) is 14.6. The Morgan fingerprint density at radius 3 is 2.44 bits per heavy atom. The normalized spacial score (nSPS) is 11.9. The van der Waals surface area contributed by atoms with Crippen LogP contribution in [0.3, 0.4) is 0 Å². The Labute approximate surface area is 212 Å². The van der Waals surface area contributed by atoms with E-state index in [-0.39, 0.29) is 36.1 Å². The summed E-state index contributed by atoms with van der Waals surface area (Å²) in [6.07, 6.45) is 0.988. The Morgan fingerprint density at radius 2 is 1.76 bits per heavy atom. The van der Waals surface area contributed by atoms with E-state index >= 15 is 0 Å². The van der Waals surface area contributed by atoms with E-state index in [2.05, 4.69) is 80.6 Å². The van der Waals surface area contributed by atoms with Gasteiger partial charge in [0.25, 0.3) is 0 Å². The van der Waals surface area contributed by atoms with Crippen molar-refractivity contribution in [1.29, 1.82) is 0 Å². The number of hydrogen-bond donors (Lipinski definition) is 1. The first-order valence-electron chi connectivity index (χ1n) is 11.1. The Kier molecular flexibility index (Phi) is 8.07. The van der Waals surface area contributed by atoms with Gasteiger partial charge in [-0.15, -0.1) is 0 Å². The number of benzene rings is 3. The van der Waals surface area contributed by atoms with E-state index in [4.69, 9.17) is 14.8 Å². The van der Waals surface area contributed by atoms with Gasteiger partial charge in [0, 0.05) is 0 Å². The minimum atomic E-state index is -0.967. The predicted octanol–water partition coefficient (Wildman–Crippen LogP) is 4.51. The van der Waals surface area contributed by atoms with Crippen LogP contribution in [0.1, 0.15) is 31.6 Å². The van der Waals surface area contributed by atoms with Crippen LogP contribution in [0.5, 0.6) is 5.75 Å². The van der Waals surface area contributed by atoms with Crippen molar-refractivity contribution >= 4 is 39.9 Å². The number of nitrogens with zero attached hydrogens (tertiary/aromatic N) is 1. The average Bonchev–Trinajstić information content (AvgIpc) is 3.20. The third-order valence-corrected chi connectivity index (χ3v) is 11.5. The summed E-state index contributed by atoms with van der Waals surface area (Å²) < 4.78 is 9.40. The van der Waals surface area contributed by atoms with E-state index in [0.717, 1.165) is 17.7 Å². The van der Waals surface area contributed by atoms with Crippen molar-refractivity contribution in [2.45, 2.75) is 32.0 Å². The molecule has 0 spiro atoms. The summed E-state index contributed by atoms with van der Waals surface area (Å²) in [5, 5.41) is 8.91. The van der Waals surface area contributed by atoms with Gasteiger partial charge in [0.2, 0.25) is 0 Å². The summed E-state index contributed by atoms with van der Waals surface area (Å²) in [5.74, 6) is -0.335. The molecule has 0 bridgehead atoms. The summed E-state index contributed by atoms with van der Waals surface area (Å²) in [4.78, 5) is 16.3. The van der Waals surface area contributed by atoms with E-state index in [0.29, 0.717) is 10.6 Å². The van der Waals surface area contributed by atoms with E-state index in [1.165, 1.54) is 30.2 Å². The molecule has 0 aliphatic heterocycles. The van der Waals surface area contributed by atoms with Gasteiger partial charge in [-0.3, -0.25) is 0 Å². The second-order valence-electron chi connectivity index (χ2n) is 8.24. The molecular formula is C28H27NO3Se2. The molecule has 34 heavy (non-hydrogen) atoms. The Balaban J connectivity index is 1.63. The van der Waals surface area contributed by atoms with Crippen molar-refractivity contribution in [3.05, 3.63) is 99.6 Å². The fourth-order valence-electron chi connectivity index (χ4n) is 3.70. The third-order valence-electron chi connectivity index (χ3n) is 5.46. The van der Waals surface area contributed by atoms with Gasteiger partial charge in [-0.1, -0.05) is 0 Å². The van der Waals surface area contributed by atoms with Crippen molar-refractivity contribution in [3.8, 4) is 15.9 Å². The van der Waals surface area contributed by atoms with Crippen LogP contribution in [0.15, 0.2) is 72.8 Å². The summed E-state index contributed by atoms with van der Waals surface area (Å²) in [7, 11) is 0. The first-order chi connectivity index (χ1) is 16.4. The number of rotatable bonds is 9. The molecule has 1 atom stereocenters. The van der Waals surface area contributed by atoms with Gasteiger partial charge < -0.3 is 0 Å². The van der Waals surface area contributed by atoms with E-state index in [1.807, 2.05) is 13.0 Å². The van der Waals surface area contributed by atoms with Crippen molar-refractivity contribution in [3.63, 3.8) is 0 Å². The number of carboxylic acids is 1. The molecule has 1 N–H and O–H groups in total. The van der Waals surface area contributed by atoms with Crippen LogP contribution in [0.25, 0.3) is 10.1 Å². The summed E-state index contributed by atoms with van der Waals surface area (Å²) in [6, 6.07) is 25.5. The number of carboxylic acid groups (broad SMARTS) is 1. The summed E-state index contributed by atoms with van der Waals surface area (Å²) in [5.41, 5.74) is 5.96. The molecule has 3 aromatic carbocycles. The molecule has 4 aromatic rings. The van der Waals surface area contributed by atoms with Gasteiger partial charge in [-0.2, -0.15) is 0 Å². The molecule has 4 rings (SSSR count). The Bertz CT molecular complexity index is 1270. The van der Waals surface area contributed by atoms with Crippen LogP contribution >= 0.6 is 0 Å². The minimum absolute atomic E-state index is 0.195. The van der Waals surface area contributed by atoms with E-state index in [1.54, 1.807) is 0 Å². The standard InChI is InChI=1S/C28H27NO3Se2/c1-18-9-11-22(12-10-18)28-29-20(3)27(34-28)25(16-21-7-5-4-6-8-21)33-23-13-14-24(19(2)15-23)32-17-26(30)31/h4-15,25H,16-17H2,1-3H3,(H,30,31). The molecule has 0 fully saturated rings. The SMILES string of the molecule is Cc1ccc(-c2nc(C)c(C(Cc3ccccc3)[Se]c3ccc(OCC(=O)O)c(C)c3)[se]2)cc1. The quantitative estimate of drug-likeness (QED) is 0.295. The number of aryl methyl sites for hydroxylation is 3. The molecule has 0 saturated carbocycles. The molecule has 0 amide bonds. The van der Waals surface area contributed by atoms with Gasteiger partial charge in [-0.25, -0.2) is 0 Å². The molecule has 174 valence electrons. The number of hydrogen-bond acceptors (Lipinski definition) is 3. The van der Waals surface area contributed by atoms with Crippen LogP contribution in [0, 0.1) is 20.8 Å². The molecule has 0 saturated heterocycles. The Morgan fingerprint density at radius 1 is 1.03 bits per heavy atom. The van der Waals surface area contributed by atoms with Crippen LogP contribution < -0.4 is 9.20 Å². The molecule has 1 heterocycles. The second kappa shape index (κ2) is 11.2. The molecule has 0 aliphatic carbocycles. The zero-order valence-corrected chi connectivity index (χ0v) is 22.9. The average molecular weight is 583 g/mol. The topological polar surface area (TPSA) is 59.4 Å². The fraction of sp³-hybridized carbons (Fsp3) is 0.214. The number of aromatic nitrogens is 1. The Hall–Kier alpha value is -2.62. The molecule has 0 radical (unpaired) electrons. The molecule has 6 heteroatoms. The van der Waals surface area contributed by atoms with Gasteiger partial charge in [0.15, 0.2) is 0 Å². The van der Waals surface area contributed by atoms with Crippen LogP contribution in [-0.2, 0) is 11.2 Å². The fourth-order valence-corrected chi connectivity index (χ4v) is 9.63. The zero-order chi connectivity index (χ0) is 24.1. The van der Waals surface area contributed by atoms with Crippen molar-refractivity contribution < 1.29 is 14.6 Å². The number of carbonyl (C=O) groups is 1.